The summed E-state index contributed by atoms with van der Waals surface area (Å²) < 4.78 is 4.97. The lowest BCUT2D eigenvalue weighted by molar-refractivity contribution is 0.0900. The number of hydrogen-bond acceptors (Lipinski definition) is 4. The molecule has 0 atom stereocenters. The molecule has 5 nitrogen and oxygen atoms in total. The third-order valence-corrected chi connectivity index (χ3v) is 2.64. The highest BCUT2D eigenvalue weighted by atomic mass is 16.6. The highest BCUT2D eigenvalue weighted by Crippen LogP contribution is 2.12. The minimum Gasteiger partial charge on any atom is -0.449 e. The smallest absolute Gasteiger partial charge is 0.421 e. The molecule has 0 aromatic rings. The van der Waals surface area contributed by atoms with Crippen LogP contribution >= 0.6 is 0 Å². The van der Waals surface area contributed by atoms with Crippen LogP contribution in [0.1, 0.15) is 32.6 Å². The van der Waals surface area contributed by atoms with Crippen molar-refractivity contribution in [1.29, 1.82) is 0 Å². The molecule has 0 unspecified atom stereocenters. The van der Waals surface area contributed by atoms with E-state index in [0.717, 1.165) is 25.7 Å². The lowest BCUT2D eigenvalue weighted by atomic mass is 10.00. The molecule has 0 saturated carbocycles. The molecule has 1 N–H and O–H groups in total. The first-order chi connectivity index (χ1) is 7.76. The number of ether oxygens (including phenoxy) is 1. The molecule has 1 heterocycles. The first-order valence-corrected chi connectivity index (χ1v) is 5.82. The van der Waals surface area contributed by atoms with E-state index in [1.807, 2.05) is 13.2 Å². The molecule has 1 aliphatic rings. The molecule has 1 radical (unpaired) electrons. The van der Waals surface area contributed by atoms with Crippen LogP contribution in [0.15, 0.2) is 0 Å². The van der Waals surface area contributed by atoms with Crippen molar-refractivity contribution in [3.8, 4) is 0 Å². The highest BCUT2D eigenvalue weighted by molar-refractivity contribution is 5.66. The molecule has 0 bridgehead atoms. The second kappa shape index (κ2) is 7.22. The average molecular weight is 227 g/mol. The molecule has 1 fully saturated rings. The Morgan fingerprint density at radius 2 is 2.19 bits per heavy atom. The van der Waals surface area contributed by atoms with Gasteiger partial charge in [0.25, 0.3) is 0 Å². The second-order valence-electron chi connectivity index (χ2n) is 3.98. The Bertz CT molecular complexity index is 225. The fraction of sp³-hybridized carbons (Fsp3) is 0.818. The molecule has 1 amide bonds. The quantitative estimate of drug-likeness (QED) is 0.718. The molecule has 1 rings (SSSR count). The predicted molar refractivity (Wildman–Crippen MR) is 59.4 cm³/mol. The summed E-state index contributed by atoms with van der Waals surface area (Å²) in [6.45, 7) is 3.87. The van der Waals surface area contributed by atoms with Gasteiger partial charge in [0.15, 0.2) is 0 Å². The molecule has 16 heavy (non-hydrogen) atoms. The zero-order chi connectivity index (χ0) is 11.8. The van der Waals surface area contributed by atoms with Crippen LogP contribution in [-0.2, 0) is 9.53 Å². The van der Waals surface area contributed by atoms with Gasteiger partial charge in [-0.25, -0.2) is 9.80 Å². The fourth-order valence-corrected chi connectivity index (χ4v) is 1.58. The number of nitrogens with one attached hydrogen (secondary N) is 1. The number of rotatable bonds is 5. The summed E-state index contributed by atoms with van der Waals surface area (Å²) in [4.78, 5) is 21.7. The minimum absolute atomic E-state index is 0.0224. The van der Waals surface area contributed by atoms with E-state index in [9.17, 15) is 9.59 Å². The zero-order valence-corrected chi connectivity index (χ0v) is 9.70. The number of carbonyl (C=O) groups excluding carboxylic acids is 2. The van der Waals surface area contributed by atoms with Crippen LogP contribution in [0, 0.1) is 5.92 Å². The van der Waals surface area contributed by atoms with E-state index in [2.05, 4.69) is 5.43 Å². The van der Waals surface area contributed by atoms with Crippen molar-refractivity contribution in [2.24, 2.45) is 5.92 Å². The number of nitrogens with zero attached hydrogens (tertiary/aromatic N) is 1. The summed E-state index contributed by atoms with van der Waals surface area (Å²) in [6.07, 6.45) is 4.99. The second-order valence-corrected chi connectivity index (χ2v) is 3.98. The predicted octanol–water partition coefficient (Wildman–Crippen LogP) is 1.25. The van der Waals surface area contributed by atoms with Crippen molar-refractivity contribution in [3.63, 3.8) is 0 Å². The van der Waals surface area contributed by atoms with Gasteiger partial charge in [-0.05, 0) is 19.3 Å². The number of carbonyl (C=O) groups is 1. The van der Waals surface area contributed by atoms with E-state index in [-0.39, 0.29) is 5.92 Å². The first-order valence-electron chi connectivity index (χ1n) is 5.82. The maximum Gasteiger partial charge on any atom is 0.421 e. The van der Waals surface area contributed by atoms with Crippen LogP contribution in [0.4, 0.5) is 4.79 Å². The van der Waals surface area contributed by atoms with Gasteiger partial charge in [0.05, 0.1) is 6.61 Å². The number of amides is 1. The van der Waals surface area contributed by atoms with Gasteiger partial charge < -0.3 is 4.74 Å². The summed E-state index contributed by atoms with van der Waals surface area (Å²) in [5.41, 5.74) is 2.66. The molecular formula is C11H19N2O3. The Morgan fingerprint density at radius 1 is 1.50 bits per heavy atom. The van der Waals surface area contributed by atoms with Crippen LogP contribution in [0.3, 0.4) is 0 Å². The van der Waals surface area contributed by atoms with E-state index < -0.39 is 6.09 Å². The summed E-state index contributed by atoms with van der Waals surface area (Å²) >= 11 is 0. The molecule has 0 aliphatic carbocycles. The van der Waals surface area contributed by atoms with Gasteiger partial charge in [0, 0.05) is 19.0 Å². The monoisotopic (exact) mass is 227 g/mol. The SMILES string of the molecule is CCCCOC(=O)NN1CCC([C]=O)CC1. The first kappa shape index (κ1) is 13.0. The van der Waals surface area contributed by atoms with Crippen molar-refractivity contribution in [2.45, 2.75) is 32.6 Å². The van der Waals surface area contributed by atoms with E-state index in [0.29, 0.717) is 19.7 Å². The summed E-state index contributed by atoms with van der Waals surface area (Å²) in [5.74, 6) is 0.0224. The summed E-state index contributed by atoms with van der Waals surface area (Å²) in [7, 11) is 0. The number of hydrogen-bond donors (Lipinski definition) is 1. The average Bonchev–Trinajstić information content (AvgIpc) is 2.30. The van der Waals surface area contributed by atoms with Crippen LogP contribution in [0.25, 0.3) is 0 Å². The highest BCUT2D eigenvalue weighted by Gasteiger charge is 2.20. The Morgan fingerprint density at radius 3 is 2.75 bits per heavy atom. The molecule has 0 spiro atoms. The Kier molecular flexibility index (Phi) is 5.85. The van der Waals surface area contributed by atoms with E-state index in [4.69, 9.17) is 4.74 Å². The van der Waals surface area contributed by atoms with Crippen molar-refractivity contribution in [2.75, 3.05) is 19.7 Å². The molecule has 5 heteroatoms. The largest absolute Gasteiger partial charge is 0.449 e. The normalized spacial score (nSPS) is 18.1. The van der Waals surface area contributed by atoms with Gasteiger partial charge in [-0.3, -0.25) is 10.2 Å². The summed E-state index contributed by atoms with van der Waals surface area (Å²) in [6, 6.07) is 0. The van der Waals surface area contributed by atoms with Crippen molar-refractivity contribution >= 4 is 12.4 Å². The van der Waals surface area contributed by atoms with Gasteiger partial charge in [-0.1, -0.05) is 13.3 Å². The molecule has 0 aromatic heterocycles. The van der Waals surface area contributed by atoms with Crippen molar-refractivity contribution in [1.82, 2.24) is 10.4 Å². The van der Waals surface area contributed by atoms with Gasteiger partial charge in [0.2, 0.25) is 6.29 Å². The van der Waals surface area contributed by atoms with Crippen LogP contribution < -0.4 is 5.43 Å². The standard InChI is InChI=1S/C11H19N2O3/c1-2-3-8-16-11(15)12-13-6-4-10(9-14)5-7-13/h10H,2-8H2,1H3,(H,12,15). The molecule has 1 saturated heterocycles. The van der Waals surface area contributed by atoms with Crippen molar-refractivity contribution < 1.29 is 14.3 Å². The zero-order valence-electron chi connectivity index (χ0n) is 9.70. The van der Waals surface area contributed by atoms with E-state index in [1.165, 1.54) is 0 Å². The Labute approximate surface area is 96.1 Å². The van der Waals surface area contributed by atoms with Gasteiger partial charge >= 0.3 is 6.09 Å². The van der Waals surface area contributed by atoms with Gasteiger partial charge in [-0.2, -0.15) is 0 Å². The number of piperidine rings is 1. The van der Waals surface area contributed by atoms with E-state index in [1.54, 1.807) is 5.01 Å². The van der Waals surface area contributed by atoms with Gasteiger partial charge in [0.1, 0.15) is 0 Å². The molecule has 91 valence electrons. The van der Waals surface area contributed by atoms with Crippen molar-refractivity contribution in [3.05, 3.63) is 0 Å². The maximum absolute atomic E-state index is 11.3. The third kappa shape index (κ3) is 4.61. The number of hydrazine groups is 1. The summed E-state index contributed by atoms with van der Waals surface area (Å²) in [5, 5.41) is 1.79. The van der Waals surface area contributed by atoms with Crippen LogP contribution in [-0.4, -0.2) is 37.1 Å². The molecule has 0 aromatic carbocycles. The topological polar surface area (TPSA) is 58.6 Å². The third-order valence-electron chi connectivity index (χ3n) is 2.64. The molecular weight excluding hydrogens is 208 g/mol. The Balaban J connectivity index is 2.13. The fourth-order valence-electron chi connectivity index (χ4n) is 1.58. The van der Waals surface area contributed by atoms with E-state index >= 15 is 0 Å². The minimum atomic E-state index is -0.401. The lowest BCUT2D eigenvalue weighted by Crippen LogP contribution is -2.47. The molecule has 1 aliphatic heterocycles. The van der Waals surface area contributed by atoms with Crippen LogP contribution in [0.2, 0.25) is 0 Å². The number of unbranched alkanes of at least 4 members (excludes halogenated alkanes) is 1. The van der Waals surface area contributed by atoms with Crippen LogP contribution in [0.5, 0.6) is 0 Å². The maximum atomic E-state index is 11.3. The Hall–Kier alpha value is -1.10. The lowest BCUT2D eigenvalue weighted by Gasteiger charge is -2.28. The van der Waals surface area contributed by atoms with Gasteiger partial charge in [-0.15, -0.1) is 0 Å².